The second-order valence-corrected chi connectivity index (χ2v) is 7.15. The largest absolute Gasteiger partial charge is 0.493 e. The van der Waals surface area contributed by atoms with Gasteiger partial charge in [-0.2, -0.15) is 11.8 Å². The Labute approximate surface area is 158 Å². The number of thioether (sulfide) groups is 1. The van der Waals surface area contributed by atoms with Crippen LogP contribution < -0.4 is 9.47 Å². The van der Waals surface area contributed by atoms with Gasteiger partial charge in [-0.05, 0) is 37.3 Å². The number of amides is 1. The quantitative estimate of drug-likeness (QED) is 0.714. The third-order valence-electron chi connectivity index (χ3n) is 4.25. The van der Waals surface area contributed by atoms with Gasteiger partial charge >= 0.3 is 0 Å². The maximum absolute atomic E-state index is 13.1. The minimum atomic E-state index is -0.0577. The first kappa shape index (κ1) is 18.5. The first-order chi connectivity index (χ1) is 12.6. The predicted octanol–water partition coefficient (Wildman–Crippen LogP) is 4.09. The first-order valence-corrected chi connectivity index (χ1v) is 9.66. The minimum Gasteiger partial charge on any atom is -0.493 e. The van der Waals surface area contributed by atoms with Crippen molar-refractivity contribution in [2.75, 3.05) is 31.8 Å². The Morgan fingerprint density at radius 3 is 2.92 bits per heavy atom. The zero-order valence-electron chi connectivity index (χ0n) is 15.1. The van der Waals surface area contributed by atoms with Crippen LogP contribution in [0.5, 0.6) is 11.5 Å². The molecule has 138 valence electrons. The molecule has 0 N–H and O–H groups in total. The zero-order chi connectivity index (χ0) is 18.5. The average Bonchev–Trinajstić information content (AvgIpc) is 3.11. The average molecular weight is 373 g/mol. The number of hydrogen-bond acceptors (Lipinski definition) is 5. The maximum Gasteiger partial charge on any atom is 0.254 e. The molecule has 1 aromatic carbocycles. The molecule has 0 spiro atoms. The normalized spacial score (nSPS) is 17.0. The molecule has 2 heterocycles. The van der Waals surface area contributed by atoms with Crippen LogP contribution in [0.3, 0.4) is 0 Å². The third kappa shape index (κ3) is 3.90. The second-order valence-electron chi connectivity index (χ2n) is 6.00. The molecule has 0 saturated carbocycles. The predicted molar refractivity (Wildman–Crippen MR) is 103 cm³/mol. The van der Waals surface area contributed by atoms with E-state index in [1.807, 2.05) is 35.7 Å². The summed E-state index contributed by atoms with van der Waals surface area (Å²) in [5.41, 5.74) is 0.577. The Kier molecular flexibility index (Phi) is 5.93. The highest BCUT2D eigenvalue weighted by atomic mass is 32.2. The SMILES string of the molecule is C=CCOc1ccc(C(=O)N2CCSCC2c2ccc(C)o2)cc1OC. The van der Waals surface area contributed by atoms with Crippen molar-refractivity contribution < 1.29 is 18.7 Å². The van der Waals surface area contributed by atoms with Gasteiger partial charge in [0.15, 0.2) is 11.5 Å². The highest BCUT2D eigenvalue weighted by Crippen LogP contribution is 2.34. The number of furan rings is 1. The Bertz CT molecular complexity index is 786. The molecule has 26 heavy (non-hydrogen) atoms. The van der Waals surface area contributed by atoms with Gasteiger partial charge < -0.3 is 18.8 Å². The number of benzene rings is 1. The van der Waals surface area contributed by atoms with E-state index < -0.39 is 0 Å². The summed E-state index contributed by atoms with van der Waals surface area (Å²) < 4.78 is 16.7. The topological polar surface area (TPSA) is 51.9 Å². The van der Waals surface area contributed by atoms with Crippen molar-refractivity contribution in [3.05, 3.63) is 60.1 Å². The van der Waals surface area contributed by atoms with Crippen LogP contribution in [-0.4, -0.2) is 42.6 Å². The summed E-state index contributed by atoms with van der Waals surface area (Å²) in [4.78, 5) is 15.0. The molecule has 1 unspecified atom stereocenters. The molecule has 6 heteroatoms. The number of rotatable bonds is 6. The molecule has 0 radical (unpaired) electrons. The van der Waals surface area contributed by atoms with Crippen LogP contribution in [0.1, 0.15) is 27.9 Å². The molecule has 3 rings (SSSR count). The Hall–Kier alpha value is -2.34. The number of ether oxygens (including phenoxy) is 2. The van der Waals surface area contributed by atoms with E-state index in [2.05, 4.69) is 6.58 Å². The molecule has 1 aliphatic rings. The van der Waals surface area contributed by atoms with Gasteiger partial charge in [-0.3, -0.25) is 4.79 Å². The van der Waals surface area contributed by atoms with Gasteiger partial charge in [0.2, 0.25) is 0 Å². The maximum atomic E-state index is 13.1. The van der Waals surface area contributed by atoms with Crippen molar-refractivity contribution >= 4 is 17.7 Å². The van der Waals surface area contributed by atoms with E-state index in [4.69, 9.17) is 13.9 Å². The van der Waals surface area contributed by atoms with E-state index in [9.17, 15) is 4.79 Å². The molecule has 1 fully saturated rings. The summed E-state index contributed by atoms with van der Waals surface area (Å²) in [5.74, 6) is 4.54. The fourth-order valence-corrected chi connectivity index (χ4v) is 4.01. The van der Waals surface area contributed by atoms with E-state index in [0.717, 1.165) is 23.0 Å². The molecule has 1 atom stereocenters. The van der Waals surface area contributed by atoms with Gasteiger partial charge in [0.1, 0.15) is 18.1 Å². The Balaban J connectivity index is 1.85. The number of nitrogens with zero attached hydrogens (tertiary/aromatic N) is 1. The van der Waals surface area contributed by atoms with E-state index in [1.54, 1.807) is 31.4 Å². The second kappa shape index (κ2) is 8.36. The van der Waals surface area contributed by atoms with Gasteiger partial charge in [0.05, 0.1) is 13.2 Å². The minimum absolute atomic E-state index is 0.0297. The first-order valence-electron chi connectivity index (χ1n) is 8.51. The molecule has 0 bridgehead atoms. The molecule has 1 amide bonds. The van der Waals surface area contributed by atoms with Crippen LogP contribution in [-0.2, 0) is 0 Å². The van der Waals surface area contributed by atoms with Crippen LogP contribution in [0.15, 0.2) is 47.4 Å². The standard InChI is InChI=1S/C20H23NO4S/c1-4-10-24-18-8-6-15(12-19(18)23-3)20(22)21-9-11-26-13-16(21)17-7-5-14(2)25-17/h4-8,12,16H,1,9-11,13H2,2-3H3. The van der Waals surface area contributed by atoms with Crippen molar-refractivity contribution in [3.63, 3.8) is 0 Å². The summed E-state index contributed by atoms with van der Waals surface area (Å²) >= 11 is 1.83. The molecule has 5 nitrogen and oxygen atoms in total. The number of aryl methyl sites for hydroxylation is 1. The molecule has 1 aliphatic heterocycles. The number of carbonyl (C=O) groups excluding carboxylic acids is 1. The van der Waals surface area contributed by atoms with E-state index in [1.165, 1.54) is 0 Å². The van der Waals surface area contributed by atoms with Gasteiger partial charge in [-0.15, -0.1) is 0 Å². The van der Waals surface area contributed by atoms with Crippen molar-refractivity contribution in [2.24, 2.45) is 0 Å². The number of hydrogen-bond donors (Lipinski definition) is 0. The van der Waals surface area contributed by atoms with Crippen LogP contribution in [0.25, 0.3) is 0 Å². The van der Waals surface area contributed by atoms with Gasteiger partial charge in [-0.25, -0.2) is 0 Å². The number of methoxy groups -OCH3 is 1. The smallest absolute Gasteiger partial charge is 0.254 e. The van der Waals surface area contributed by atoms with Crippen molar-refractivity contribution in [3.8, 4) is 11.5 Å². The molecular formula is C20H23NO4S. The Morgan fingerprint density at radius 1 is 1.38 bits per heavy atom. The highest BCUT2D eigenvalue weighted by molar-refractivity contribution is 7.99. The van der Waals surface area contributed by atoms with E-state index in [-0.39, 0.29) is 11.9 Å². The van der Waals surface area contributed by atoms with Gasteiger partial charge in [-0.1, -0.05) is 12.7 Å². The summed E-state index contributed by atoms with van der Waals surface area (Å²) in [6, 6.07) is 9.10. The van der Waals surface area contributed by atoms with Crippen LogP contribution in [0.2, 0.25) is 0 Å². The fourth-order valence-electron chi connectivity index (χ4n) is 2.95. The summed E-state index contributed by atoms with van der Waals surface area (Å²) in [7, 11) is 1.57. The van der Waals surface area contributed by atoms with Gasteiger partial charge in [0, 0.05) is 23.6 Å². The van der Waals surface area contributed by atoms with Crippen LogP contribution in [0.4, 0.5) is 0 Å². The molecule has 0 aliphatic carbocycles. The molecule has 2 aromatic rings. The monoisotopic (exact) mass is 373 g/mol. The third-order valence-corrected chi connectivity index (χ3v) is 5.27. The highest BCUT2D eigenvalue weighted by Gasteiger charge is 2.31. The lowest BCUT2D eigenvalue weighted by Crippen LogP contribution is -2.40. The zero-order valence-corrected chi connectivity index (χ0v) is 15.9. The van der Waals surface area contributed by atoms with Crippen molar-refractivity contribution in [1.29, 1.82) is 0 Å². The summed E-state index contributed by atoms with van der Waals surface area (Å²) in [5, 5.41) is 0. The van der Waals surface area contributed by atoms with E-state index in [0.29, 0.717) is 30.2 Å². The summed E-state index contributed by atoms with van der Waals surface area (Å²) in [6.07, 6.45) is 1.67. The van der Waals surface area contributed by atoms with Gasteiger partial charge in [0.25, 0.3) is 5.91 Å². The fraction of sp³-hybridized carbons (Fsp3) is 0.350. The lowest BCUT2D eigenvalue weighted by atomic mass is 10.1. The van der Waals surface area contributed by atoms with Crippen molar-refractivity contribution in [2.45, 2.75) is 13.0 Å². The lowest BCUT2D eigenvalue weighted by Gasteiger charge is -2.34. The lowest BCUT2D eigenvalue weighted by molar-refractivity contribution is 0.0681. The van der Waals surface area contributed by atoms with Crippen molar-refractivity contribution in [1.82, 2.24) is 4.90 Å². The van der Waals surface area contributed by atoms with Crippen LogP contribution in [0, 0.1) is 6.92 Å². The molecule has 1 aromatic heterocycles. The molecular weight excluding hydrogens is 350 g/mol. The van der Waals surface area contributed by atoms with Crippen LogP contribution >= 0.6 is 11.8 Å². The Morgan fingerprint density at radius 2 is 2.23 bits per heavy atom. The molecule has 1 saturated heterocycles. The van der Waals surface area contributed by atoms with E-state index >= 15 is 0 Å². The summed E-state index contributed by atoms with van der Waals surface area (Å²) in [6.45, 7) is 6.62. The number of carbonyl (C=O) groups is 1.